The average Bonchev–Trinajstić information content (AvgIpc) is 2.95. The monoisotopic (exact) mass is 555 g/mol. The summed E-state index contributed by atoms with van der Waals surface area (Å²) in [5, 5.41) is 4.63. The number of halogens is 2. The number of rotatable bonds is 10. The molecule has 8 heteroatoms. The number of carbonyl (C=O) groups is 1. The van der Waals surface area contributed by atoms with Crippen molar-refractivity contribution in [2.45, 2.75) is 26.4 Å². The number of nitrogens with one attached hydrogen (secondary N) is 1. The van der Waals surface area contributed by atoms with Crippen molar-refractivity contribution in [1.82, 2.24) is 9.97 Å². The Morgan fingerprint density at radius 3 is 2.85 bits per heavy atom. The minimum atomic E-state index is -0.310. The van der Waals surface area contributed by atoms with Gasteiger partial charge < -0.3 is 14.8 Å². The van der Waals surface area contributed by atoms with Gasteiger partial charge in [-0.2, -0.15) is 0 Å². The zero-order valence-corrected chi connectivity index (χ0v) is 22.6. The van der Waals surface area contributed by atoms with Gasteiger partial charge in [-0.1, -0.05) is 48.0 Å². The molecule has 0 aliphatic heterocycles. The molecule has 3 aromatic carbocycles. The summed E-state index contributed by atoms with van der Waals surface area (Å²) in [5.41, 5.74) is 5.46. The third-order valence-electron chi connectivity index (χ3n) is 6.29. The Balaban J connectivity index is 1.31. The van der Waals surface area contributed by atoms with Gasteiger partial charge in [0.25, 0.3) is 0 Å². The summed E-state index contributed by atoms with van der Waals surface area (Å²) in [6, 6.07) is 17.7. The van der Waals surface area contributed by atoms with E-state index in [1.165, 1.54) is 18.5 Å². The van der Waals surface area contributed by atoms with E-state index in [1.807, 2.05) is 30.4 Å². The van der Waals surface area contributed by atoms with Crippen LogP contribution in [0, 0.1) is 5.82 Å². The molecule has 0 spiro atoms. The molecule has 0 saturated carbocycles. The zero-order chi connectivity index (χ0) is 27.9. The van der Waals surface area contributed by atoms with Gasteiger partial charge in [0, 0.05) is 23.9 Å². The number of hydrogen-bond donors (Lipinski definition) is 1. The minimum absolute atomic E-state index is 0.105. The first-order chi connectivity index (χ1) is 19.4. The van der Waals surface area contributed by atoms with Gasteiger partial charge in [-0.3, -0.25) is 4.79 Å². The van der Waals surface area contributed by atoms with Gasteiger partial charge in [-0.15, -0.1) is 0 Å². The quantitative estimate of drug-likeness (QED) is 0.158. The molecule has 1 N–H and O–H groups in total. The van der Waals surface area contributed by atoms with Crippen LogP contribution in [0.1, 0.15) is 30.9 Å². The van der Waals surface area contributed by atoms with Crippen molar-refractivity contribution in [3.05, 3.63) is 119 Å². The maximum atomic E-state index is 13.4. The van der Waals surface area contributed by atoms with Crippen molar-refractivity contribution in [2.24, 2.45) is 0 Å². The molecule has 0 unspecified atom stereocenters. The number of benzene rings is 3. The number of anilines is 2. The molecule has 5 rings (SSSR count). The first kappa shape index (κ1) is 27.1. The van der Waals surface area contributed by atoms with Crippen LogP contribution >= 0.6 is 11.6 Å². The SMILES string of the molecule is CC(=O)CCOC=C1C=CC=C(c2ccc3ncnc(Nc4ccc(OCc5cccc(F)c5)c(Cl)c4)c3c2)C1. The fourth-order valence-electron chi connectivity index (χ4n) is 4.25. The Morgan fingerprint density at radius 2 is 2.02 bits per heavy atom. The van der Waals surface area contributed by atoms with E-state index >= 15 is 0 Å². The van der Waals surface area contributed by atoms with Crippen molar-refractivity contribution < 1.29 is 18.7 Å². The molecule has 1 aliphatic rings. The van der Waals surface area contributed by atoms with Crippen molar-refractivity contribution in [1.29, 1.82) is 0 Å². The van der Waals surface area contributed by atoms with Gasteiger partial charge >= 0.3 is 0 Å². The molecule has 1 aromatic heterocycles. The molecule has 0 bridgehead atoms. The average molecular weight is 556 g/mol. The second-order valence-corrected chi connectivity index (χ2v) is 9.79. The lowest BCUT2D eigenvalue weighted by Crippen LogP contribution is -1.99. The fraction of sp³-hybridized carbons (Fsp3) is 0.156. The Labute approximate surface area is 236 Å². The van der Waals surface area contributed by atoms with Gasteiger partial charge in [-0.25, -0.2) is 14.4 Å². The van der Waals surface area contributed by atoms with Crippen molar-refractivity contribution in [3.63, 3.8) is 0 Å². The van der Waals surface area contributed by atoms with E-state index in [0.29, 0.717) is 41.6 Å². The van der Waals surface area contributed by atoms with Crippen LogP contribution in [0.25, 0.3) is 16.5 Å². The molecule has 0 atom stereocenters. The standard InChI is InChI=1S/C32H27ClFN3O3/c1-21(38)12-13-39-18-22-4-2-6-24(14-22)25-8-10-30-28(16-25)32(36-20-35-30)37-27-9-11-31(29(33)17-27)40-19-23-5-3-7-26(34)15-23/h2-11,15-18,20H,12-14,19H2,1H3,(H,35,36,37). The highest BCUT2D eigenvalue weighted by Crippen LogP contribution is 2.33. The molecule has 202 valence electrons. The third kappa shape index (κ3) is 6.93. The van der Waals surface area contributed by atoms with Gasteiger partial charge in [0.1, 0.15) is 36.1 Å². The first-order valence-electron chi connectivity index (χ1n) is 12.8. The van der Waals surface area contributed by atoms with Crippen LogP contribution < -0.4 is 10.1 Å². The minimum Gasteiger partial charge on any atom is -0.500 e. The van der Waals surface area contributed by atoms with Crippen molar-refractivity contribution >= 4 is 45.4 Å². The number of aromatic nitrogens is 2. The molecule has 0 radical (unpaired) electrons. The molecule has 6 nitrogen and oxygen atoms in total. The van der Waals surface area contributed by atoms with E-state index in [4.69, 9.17) is 21.1 Å². The Hall–Kier alpha value is -4.49. The van der Waals surface area contributed by atoms with Crippen molar-refractivity contribution in [2.75, 3.05) is 11.9 Å². The lowest BCUT2D eigenvalue weighted by molar-refractivity contribution is -0.117. The number of nitrogens with zero attached hydrogens (tertiary/aromatic N) is 2. The summed E-state index contributed by atoms with van der Waals surface area (Å²) in [6.07, 6.45) is 10.4. The summed E-state index contributed by atoms with van der Waals surface area (Å²) in [6.45, 7) is 2.13. The molecule has 4 aromatic rings. The fourth-order valence-corrected chi connectivity index (χ4v) is 4.48. The van der Waals surface area contributed by atoms with E-state index in [0.717, 1.165) is 33.3 Å². The van der Waals surface area contributed by atoms with E-state index in [2.05, 4.69) is 27.4 Å². The van der Waals surface area contributed by atoms with Crippen molar-refractivity contribution in [3.8, 4) is 5.75 Å². The number of ketones is 1. The van der Waals surface area contributed by atoms with E-state index < -0.39 is 0 Å². The van der Waals surface area contributed by atoms with Gasteiger partial charge in [0.15, 0.2) is 0 Å². The second kappa shape index (κ2) is 12.6. The van der Waals surface area contributed by atoms with E-state index in [1.54, 1.807) is 37.5 Å². The predicted octanol–water partition coefficient (Wildman–Crippen LogP) is 7.97. The zero-order valence-electron chi connectivity index (χ0n) is 21.9. The third-order valence-corrected chi connectivity index (χ3v) is 6.59. The van der Waals surface area contributed by atoms with Gasteiger partial charge in [-0.05, 0) is 71.7 Å². The lowest BCUT2D eigenvalue weighted by atomic mass is 9.94. The molecule has 1 aliphatic carbocycles. The number of allylic oxidation sites excluding steroid dienone is 5. The Kier molecular flexibility index (Phi) is 8.52. The van der Waals surface area contributed by atoms with Crippen LogP contribution in [0.15, 0.2) is 97.1 Å². The summed E-state index contributed by atoms with van der Waals surface area (Å²) in [7, 11) is 0. The van der Waals surface area contributed by atoms with Crippen LogP contribution in [0.2, 0.25) is 5.02 Å². The molecular weight excluding hydrogens is 529 g/mol. The molecule has 0 fully saturated rings. The molecule has 1 heterocycles. The highest BCUT2D eigenvalue weighted by atomic mass is 35.5. The van der Waals surface area contributed by atoms with Gasteiger partial charge in [0.2, 0.25) is 0 Å². The van der Waals surface area contributed by atoms with E-state index in [9.17, 15) is 9.18 Å². The number of fused-ring (bicyclic) bond motifs is 1. The van der Waals surface area contributed by atoms with Crippen LogP contribution in [-0.4, -0.2) is 22.4 Å². The second-order valence-electron chi connectivity index (χ2n) is 9.39. The predicted molar refractivity (Wildman–Crippen MR) is 156 cm³/mol. The van der Waals surface area contributed by atoms with Crippen LogP contribution in [-0.2, 0) is 16.1 Å². The maximum absolute atomic E-state index is 13.4. The van der Waals surface area contributed by atoms with Crippen LogP contribution in [0.3, 0.4) is 0 Å². The Bertz CT molecular complexity index is 1650. The number of carbonyl (C=O) groups excluding carboxylic acids is 1. The molecule has 0 amide bonds. The van der Waals surface area contributed by atoms with Crippen LogP contribution in [0.5, 0.6) is 5.75 Å². The molecular formula is C32H27ClFN3O3. The summed E-state index contributed by atoms with van der Waals surface area (Å²) in [5.74, 6) is 0.938. The highest BCUT2D eigenvalue weighted by molar-refractivity contribution is 6.32. The molecule has 40 heavy (non-hydrogen) atoms. The number of ether oxygens (including phenoxy) is 2. The van der Waals surface area contributed by atoms with E-state index in [-0.39, 0.29) is 18.2 Å². The smallest absolute Gasteiger partial charge is 0.141 e. The lowest BCUT2D eigenvalue weighted by Gasteiger charge is -2.15. The largest absolute Gasteiger partial charge is 0.500 e. The maximum Gasteiger partial charge on any atom is 0.141 e. The number of hydrogen-bond acceptors (Lipinski definition) is 6. The Morgan fingerprint density at radius 1 is 1.12 bits per heavy atom. The van der Waals surface area contributed by atoms with Crippen LogP contribution in [0.4, 0.5) is 15.9 Å². The first-order valence-corrected chi connectivity index (χ1v) is 13.2. The summed E-state index contributed by atoms with van der Waals surface area (Å²) < 4.78 is 24.8. The topological polar surface area (TPSA) is 73.3 Å². The summed E-state index contributed by atoms with van der Waals surface area (Å²) >= 11 is 6.49. The number of Topliss-reactive ketones (excluding diaryl/α,β-unsaturated/α-hetero) is 1. The highest BCUT2D eigenvalue weighted by Gasteiger charge is 2.12. The van der Waals surface area contributed by atoms with Gasteiger partial charge in [0.05, 0.1) is 23.4 Å². The summed E-state index contributed by atoms with van der Waals surface area (Å²) in [4.78, 5) is 20.0. The normalized spacial score (nSPS) is 13.8. The molecule has 0 saturated heterocycles.